The molecule has 0 fully saturated rings. The Morgan fingerprint density at radius 1 is 1.44 bits per heavy atom. The van der Waals surface area contributed by atoms with Gasteiger partial charge < -0.3 is 10.8 Å². The van der Waals surface area contributed by atoms with Crippen molar-refractivity contribution in [1.82, 2.24) is 0 Å². The quantitative estimate of drug-likeness (QED) is 0.781. The first-order valence-corrected chi connectivity index (χ1v) is 4.84. The number of amides is 1. The normalized spacial score (nSPS) is 10.6. The number of carboxylic acids is 1. The fraction of sp³-hybridized carbons (Fsp3) is 0.0909. The van der Waals surface area contributed by atoms with Crippen LogP contribution in [0.25, 0.3) is 6.08 Å². The standard InChI is InChI=1S/C11H10ClNO3/c12-9-3-1-7(2-4-10(13)14)5-8(9)6-11(15)16/h1-5H,6H2,(H2,13,14)(H,15,16). The molecular weight excluding hydrogens is 230 g/mol. The van der Waals surface area contributed by atoms with Gasteiger partial charge in [-0.05, 0) is 29.3 Å². The number of nitrogens with two attached hydrogens (primary N) is 1. The Balaban J connectivity index is 2.97. The maximum atomic E-state index is 10.5. The molecule has 84 valence electrons. The summed E-state index contributed by atoms with van der Waals surface area (Å²) in [6.07, 6.45) is 2.55. The number of halogens is 1. The van der Waals surface area contributed by atoms with Crippen molar-refractivity contribution in [3.05, 3.63) is 40.4 Å². The second-order valence-corrected chi connectivity index (χ2v) is 3.56. The molecule has 0 saturated carbocycles. The molecule has 0 aliphatic carbocycles. The van der Waals surface area contributed by atoms with Crippen LogP contribution in [0, 0.1) is 0 Å². The van der Waals surface area contributed by atoms with E-state index in [-0.39, 0.29) is 6.42 Å². The second kappa shape index (κ2) is 5.32. The van der Waals surface area contributed by atoms with E-state index >= 15 is 0 Å². The molecule has 0 saturated heterocycles. The van der Waals surface area contributed by atoms with Crippen LogP contribution in [0.15, 0.2) is 24.3 Å². The van der Waals surface area contributed by atoms with E-state index in [1.165, 1.54) is 12.2 Å². The third kappa shape index (κ3) is 3.74. The van der Waals surface area contributed by atoms with Crippen LogP contribution in [0.2, 0.25) is 5.02 Å². The number of carbonyl (C=O) groups excluding carboxylic acids is 1. The van der Waals surface area contributed by atoms with Gasteiger partial charge in [-0.2, -0.15) is 0 Å². The summed E-state index contributed by atoms with van der Waals surface area (Å²) in [5.74, 6) is -1.52. The van der Waals surface area contributed by atoms with E-state index in [4.69, 9.17) is 22.4 Å². The highest BCUT2D eigenvalue weighted by atomic mass is 35.5. The molecule has 0 spiro atoms. The average molecular weight is 240 g/mol. The molecule has 0 atom stereocenters. The van der Waals surface area contributed by atoms with Gasteiger partial charge in [-0.15, -0.1) is 0 Å². The molecule has 1 rings (SSSR count). The molecule has 16 heavy (non-hydrogen) atoms. The minimum atomic E-state index is -0.960. The Bertz CT molecular complexity index is 455. The summed E-state index contributed by atoms with van der Waals surface area (Å²) in [6, 6.07) is 4.86. The van der Waals surface area contributed by atoms with Gasteiger partial charge in [0.05, 0.1) is 6.42 Å². The van der Waals surface area contributed by atoms with Crippen LogP contribution in [0.5, 0.6) is 0 Å². The van der Waals surface area contributed by atoms with E-state index in [9.17, 15) is 9.59 Å². The topological polar surface area (TPSA) is 80.4 Å². The minimum absolute atomic E-state index is 0.156. The van der Waals surface area contributed by atoms with Gasteiger partial charge in [-0.25, -0.2) is 0 Å². The van der Waals surface area contributed by atoms with Gasteiger partial charge in [0.25, 0.3) is 0 Å². The van der Waals surface area contributed by atoms with E-state index in [2.05, 4.69) is 0 Å². The number of hydrogen-bond acceptors (Lipinski definition) is 2. The fourth-order valence-electron chi connectivity index (χ4n) is 1.18. The monoisotopic (exact) mass is 239 g/mol. The number of aliphatic carboxylic acids is 1. The molecule has 1 aromatic carbocycles. The zero-order chi connectivity index (χ0) is 12.1. The largest absolute Gasteiger partial charge is 0.481 e. The lowest BCUT2D eigenvalue weighted by Gasteiger charge is -2.02. The third-order valence-corrected chi connectivity index (χ3v) is 2.22. The van der Waals surface area contributed by atoms with Crippen molar-refractivity contribution < 1.29 is 14.7 Å². The van der Waals surface area contributed by atoms with Crippen LogP contribution >= 0.6 is 11.6 Å². The number of benzene rings is 1. The van der Waals surface area contributed by atoms with Crippen LogP contribution in [0.3, 0.4) is 0 Å². The van der Waals surface area contributed by atoms with Gasteiger partial charge in [-0.3, -0.25) is 9.59 Å². The number of carbonyl (C=O) groups is 2. The Hall–Kier alpha value is -1.81. The van der Waals surface area contributed by atoms with Crippen molar-refractivity contribution in [2.75, 3.05) is 0 Å². The van der Waals surface area contributed by atoms with Gasteiger partial charge in [0.2, 0.25) is 5.91 Å². The van der Waals surface area contributed by atoms with Crippen molar-refractivity contribution in [2.24, 2.45) is 5.73 Å². The van der Waals surface area contributed by atoms with Gasteiger partial charge >= 0.3 is 5.97 Å². The summed E-state index contributed by atoms with van der Waals surface area (Å²) in [4.78, 5) is 21.1. The number of carboxylic acid groups (broad SMARTS) is 1. The van der Waals surface area contributed by atoms with Crippen molar-refractivity contribution in [3.8, 4) is 0 Å². The smallest absolute Gasteiger partial charge is 0.307 e. The highest BCUT2D eigenvalue weighted by molar-refractivity contribution is 6.31. The van der Waals surface area contributed by atoms with Crippen molar-refractivity contribution in [2.45, 2.75) is 6.42 Å². The van der Waals surface area contributed by atoms with Crippen molar-refractivity contribution >= 4 is 29.6 Å². The Morgan fingerprint density at radius 2 is 2.12 bits per heavy atom. The first-order chi connectivity index (χ1) is 7.49. The molecule has 0 radical (unpaired) electrons. The average Bonchev–Trinajstić information content (AvgIpc) is 2.18. The van der Waals surface area contributed by atoms with E-state index in [0.29, 0.717) is 16.1 Å². The molecule has 4 nitrogen and oxygen atoms in total. The lowest BCUT2D eigenvalue weighted by Crippen LogP contribution is -2.05. The summed E-state index contributed by atoms with van der Waals surface area (Å²) in [5, 5.41) is 9.04. The molecule has 0 aromatic heterocycles. The van der Waals surface area contributed by atoms with Gasteiger partial charge in [0, 0.05) is 11.1 Å². The SMILES string of the molecule is NC(=O)C=Cc1ccc(Cl)c(CC(=O)O)c1. The maximum Gasteiger partial charge on any atom is 0.307 e. The molecule has 3 N–H and O–H groups in total. The Kier molecular flexibility index (Phi) is 4.08. The molecule has 0 bridgehead atoms. The lowest BCUT2D eigenvalue weighted by atomic mass is 10.1. The summed E-state index contributed by atoms with van der Waals surface area (Å²) in [7, 11) is 0. The number of rotatable bonds is 4. The van der Waals surface area contributed by atoms with Crippen LogP contribution in [-0.2, 0) is 16.0 Å². The molecule has 5 heteroatoms. The summed E-state index contributed by atoms with van der Waals surface area (Å²) >= 11 is 5.82. The summed E-state index contributed by atoms with van der Waals surface area (Å²) in [5.41, 5.74) is 6.12. The molecule has 0 unspecified atom stereocenters. The van der Waals surface area contributed by atoms with Crippen LogP contribution in [0.4, 0.5) is 0 Å². The third-order valence-electron chi connectivity index (χ3n) is 1.85. The van der Waals surface area contributed by atoms with Gasteiger partial charge in [0.1, 0.15) is 0 Å². The minimum Gasteiger partial charge on any atom is -0.481 e. The predicted octanol–water partition coefficient (Wildman–Crippen LogP) is 1.47. The zero-order valence-corrected chi connectivity index (χ0v) is 9.07. The summed E-state index contributed by atoms with van der Waals surface area (Å²) in [6.45, 7) is 0. The molecule has 0 aliphatic rings. The first-order valence-electron chi connectivity index (χ1n) is 4.47. The van der Waals surface area contributed by atoms with Crippen LogP contribution in [0.1, 0.15) is 11.1 Å². The summed E-state index contributed by atoms with van der Waals surface area (Å²) < 4.78 is 0. The number of hydrogen-bond donors (Lipinski definition) is 2. The highest BCUT2D eigenvalue weighted by Gasteiger charge is 2.05. The zero-order valence-electron chi connectivity index (χ0n) is 8.31. The fourth-order valence-corrected chi connectivity index (χ4v) is 1.36. The second-order valence-electron chi connectivity index (χ2n) is 3.16. The van der Waals surface area contributed by atoms with E-state index < -0.39 is 11.9 Å². The molecule has 0 heterocycles. The van der Waals surface area contributed by atoms with Crippen molar-refractivity contribution in [1.29, 1.82) is 0 Å². The van der Waals surface area contributed by atoms with Gasteiger partial charge in [-0.1, -0.05) is 17.7 Å². The molecule has 1 aromatic rings. The Morgan fingerprint density at radius 3 is 2.69 bits per heavy atom. The predicted molar refractivity (Wildman–Crippen MR) is 61.0 cm³/mol. The van der Waals surface area contributed by atoms with Crippen LogP contribution < -0.4 is 5.73 Å². The first kappa shape index (κ1) is 12.3. The van der Waals surface area contributed by atoms with Crippen LogP contribution in [-0.4, -0.2) is 17.0 Å². The van der Waals surface area contributed by atoms with E-state index in [1.807, 2.05) is 0 Å². The maximum absolute atomic E-state index is 10.5. The highest BCUT2D eigenvalue weighted by Crippen LogP contribution is 2.19. The number of primary amides is 1. The van der Waals surface area contributed by atoms with Crippen molar-refractivity contribution in [3.63, 3.8) is 0 Å². The molecule has 0 aliphatic heterocycles. The van der Waals surface area contributed by atoms with E-state index in [1.54, 1.807) is 18.2 Å². The van der Waals surface area contributed by atoms with Gasteiger partial charge in [0.15, 0.2) is 0 Å². The molecule has 1 amide bonds. The van der Waals surface area contributed by atoms with E-state index in [0.717, 1.165) is 0 Å². The lowest BCUT2D eigenvalue weighted by molar-refractivity contribution is -0.136. The molecular formula is C11H10ClNO3. The Labute approximate surface area is 97.3 Å².